The number of fused-ring (bicyclic) bond motifs is 6. The molecule has 0 unspecified atom stereocenters. The Balaban J connectivity index is 1.38. The fourth-order valence-electron chi connectivity index (χ4n) is 4.73. The predicted octanol–water partition coefficient (Wildman–Crippen LogP) is 6.80. The monoisotopic (exact) mass is 449 g/mol. The molecule has 2 N–H and O–H groups in total. The number of pyridine rings is 4. The maximum absolute atomic E-state index is 6.25. The maximum Gasteiger partial charge on any atom is 0.0985 e. The lowest BCUT2D eigenvalue weighted by Gasteiger charge is -2.10. The van der Waals surface area contributed by atoms with Crippen LogP contribution in [-0.4, -0.2) is 19.9 Å². The van der Waals surface area contributed by atoms with Crippen molar-refractivity contribution < 1.29 is 0 Å². The molecule has 0 saturated heterocycles. The molecule has 7 rings (SSSR count). The first-order chi connectivity index (χ1) is 17.2. The Labute approximate surface area is 200 Å². The SMILES string of the molecule is Nc1cc2ccc(-c3cccc(-c4ccc5ccc6cccnc6c5n4)c3)nc2c2ncccc12. The number of aromatic nitrogens is 4. The standard InChI is InChI=1S/C30H19N5/c31-24-17-22-11-13-26(35-29(22)30-23(24)7-3-15-33-30)21-5-1-4-20(16-21)25-12-10-19-9-8-18-6-2-14-32-27(18)28(19)34-25/h1-17H,31H2. The molecule has 0 aliphatic rings. The van der Waals surface area contributed by atoms with Gasteiger partial charge in [0.05, 0.1) is 33.5 Å². The minimum Gasteiger partial charge on any atom is -0.398 e. The van der Waals surface area contributed by atoms with Crippen molar-refractivity contribution in [3.8, 4) is 22.5 Å². The van der Waals surface area contributed by atoms with Crippen LogP contribution in [0.15, 0.2) is 103 Å². The van der Waals surface area contributed by atoms with Gasteiger partial charge in [0.25, 0.3) is 0 Å². The fourth-order valence-corrected chi connectivity index (χ4v) is 4.73. The van der Waals surface area contributed by atoms with E-state index in [4.69, 9.17) is 15.7 Å². The molecule has 0 fully saturated rings. The Hall–Kier alpha value is -4.90. The average Bonchev–Trinajstić information content (AvgIpc) is 2.93. The van der Waals surface area contributed by atoms with Gasteiger partial charge in [0.15, 0.2) is 0 Å². The second kappa shape index (κ2) is 7.57. The summed E-state index contributed by atoms with van der Waals surface area (Å²) in [5, 5.41) is 4.05. The zero-order valence-corrected chi connectivity index (χ0v) is 18.7. The molecular weight excluding hydrogens is 430 g/mol. The molecule has 0 aliphatic heterocycles. The summed E-state index contributed by atoms with van der Waals surface area (Å²) in [6, 6.07) is 30.6. The van der Waals surface area contributed by atoms with Crippen molar-refractivity contribution in [2.45, 2.75) is 0 Å². The molecule has 0 bridgehead atoms. The van der Waals surface area contributed by atoms with Crippen LogP contribution in [0.5, 0.6) is 0 Å². The number of nitrogens with two attached hydrogens (primary N) is 1. The van der Waals surface area contributed by atoms with E-state index in [0.717, 1.165) is 66.1 Å². The Morgan fingerprint density at radius 3 is 1.86 bits per heavy atom. The third-order valence-electron chi connectivity index (χ3n) is 6.47. The molecule has 5 nitrogen and oxygen atoms in total. The van der Waals surface area contributed by atoms with Gasteiger partial charge in [-0.1, -0.05) is 48.5 Å². The number of benzene rings is 3. The quantitative estimate of drug-likeness (QED) is 0.232. The first-order valence-electron chi connectivity index (χ1n) is 11.4. The van der Waals surface area contributed by atoms with Crippen molar-refractivity contribution in [3.63, 3.8) is 0 Å². The number of nitrogen functional groups attached to an aromatic ring is 1. The van der Waals surface area contributed by atoms with E-state index >= 15 is 0 Å². The van der Waals surface area contributed by atoms with Gasteiger partial charge in [0, 0.05) is 50.8 Å². The molecule has 0 spiro atoms. The Bertz CT molecular complexity index is 1930. The summed E-state index contributed by atoms with van der Waals surface area (Å²) in [6.45, 7) is 0. The molecule has 0 saturated carbocycles. The third-order valence-corrected chi connectivity index (χ3v) is 6.47. The molecular formula is C30H19N5. The molecule has 3 aromatic carbocycles. The van der Waals surface area contributed by atoms with Crippen molar-refractivity contribution >= 4 is 49.3 Å². The highest BCUT2D eigenvalue weighted by atomic mass is 14.8. The molecule has 0 aliphatic carbocycles. The van der Waals surface area contributed by atoms with Gasteiger partial charge >= 0.3 is 0 Å². The van der Waals surface area contributed by atoms with Crippen LogP contribution in [0.2, 0.25) is 0 Å². The normalized spacial score (nSPS) is 11.5. The van der Waals surface area contributed by atoms with E-state index in [1.807, 2.05) is 42.6 Å². The van der Waals surface area contributed by atoms with E-state index in [1.54, 1.807) is 6.20 Å². The average molecular weight is 450 g/mol. The molecule has 7 aromatic rings. The third kappa shape index (κ3) is 3.17. The summed E-state index contributed by atoms with van der Waals surface area (Å²) < 4.78 is 0. The zero-order valence-electron chi connectivity index (χ0n) is 18.7. The van der Waals surface area contributed by atoms with E-state index in [-0.39, 0.29) is 0 Å². The smallest absolute Gasteiger partial charge is 0.0985 e. The van der Waals surface area contributed by atoms with Gasteiger partial charge in [-0.25, -0.2) is 9.97 Å². The first-order valence-corrected chi connectivity index (χ1v) is 11.4. The van der Waals surface area contributed by atoms with Gasteiger partial charge in [-0.2, -0.15) is 0 Å². The van der Waals surface area contributed by atoms with Crippen molar-refractivity contribution in [3.05, 3.63) is 103 Å². The van der Waals surface area contributed by atoms with Crippen LogP contribution in [0.25, 0.3) is 66.1 Å². The van der Waals surface area contributed by atoms with Crippen LogP contribution in [0.4, 0.5) is 5.69 Å². The molecule has 5 heteroatoms. The largest absolute Gasteiger partial charge is 0.398 e. The number of rotatable bonds is 2. The molecule has 0 amide bonds. The Morgan fingerprint density at radius 1 is 0.486 bits per heavy atom. The van der Waals surface area contributed by atoms with Crippen molar-refractivity contribution in [2.24, 2.45) is 0 Å². The van der Waals surface area contributed by atoms with E-state index in [0.29, 0.717) is 5.69 Å². The summed E-state index contributed by atoms with van der Waals surface area (Å²) >= 11 is 0. The second-order valence-electron chi connectivity index (χ2n) is 8.62. The van der Waals surface area contributed by atoms with Crippen molar-refractivity contribution in [2.75, 3.05) is 5.73 Å². The zero-order chi connectivity index (χ0) is 23.4. The molecule has 35 heavy (non-hydrogen) atoms. The maximum atomic E-state index is 6.25. The molecule has 0 radical (unpaired) electrons. The van der Waals surface area contributed by atoms with Crippen LogP contribution in [0.1, 0.15) is 0 Å². The van der Waals surface area contributed by atoms with Gasteiger partial charge in [0.2, 0.25) is 0 Å². The van der Waals surface area contributed by atoms with Gasteiger partial charge in [-0.3, -0.25) is 9.97 Å². The lowest BCUT2D eigenvalue weighted by atomic mass is 10.0. The van der Waals surface area contributed by atoms with Crippen LogP contribution in [0.3, 0.4) is 0 Å². The molecule has 4 heterocycles. The van der Waals surface area contributed by atoms with Gasteiger partial charge < -0.3 is 5.73 Å². The summed E-state index contributed by atoms with van der Waals surface area (Å²) in [7, 11) is 0. The minimum atomic E-state index is 0.710. The Kier molecular flexibility index (Phi) is 4.23. The fraction of sp³-hybridized carbons (Fsp3) is 0. The highest BCUT2D eigenvalue weighted by molar-refractivity contribution is 6.09. The molecule has 164 valence electrons. The molecule has 4 aromatic heterocycles. The lowest BCUT2D eigenvalue weighted by Crippen LogP contribution is -1.93. The summed E-state index contributed by atoms with van der Waals surface area (Å²) in [4.78, 5) is 19.1. The minimum absolute atomic E-state index is 0.710. The van der Waals surface area contributed by atoms with Crippen molar-refractivity contribution in [1.82, 2.24) is 19.9 Å². The van der Waals surface area contributed by atoms with Gasteiger partial charge in [0.1, 0.15) is 0 Å². The van der Waals surface area contributed by atoms with Gasteiger partial charge in [-0.15, -0.1) is 0 Å². The van der Waals surface area contributed by atoms with E-state index in [2.05, 4.69) is 64.6 Å². The number of nitrogens with zero attached hydrogens (tertiary/aromatic N) is 4. The summed E-state index contributed by atoms with van der Waals surface area (Å²) in [5.41, 5.74) is 14.3. The highest BCUT2D eigenvalue weighted by Crippen LogP contribution is 2.32. The second-order valence-corrected chi connectivity index (χ2v) is 8.62. The number of hydrogen-bond acceptors (Lipinski definition) is 5. The first kappa shape index (κ1) is 19.6. The summed E-state index contributed by atoms with van der Waals surface area (Å²) in [6.07, 6.45) is 3.59. The predicted molar refractivity (Wildman–Crippen MR) is 143 cm³/mol. The van der Waals surface area contributed by atoms with Crippen molar-refractivity contribution in [1.29, 1.82) is 0 Å². The number of anilines is 1. The van der Waals surface area contributed by atoms with E-state index in [9.17, 15) is 0 Å². The van der Waals surface area contributed by atoms with E-state index in [1.165, 1.54) is 0 Å². The van der Waals surface area contributed by atoms with Crippen LogP contribution >= 0.6 is 0 Å². The Morgan fingerprint density at radius 2 is 1.09 bits per heavy atom. The van der Waals surface area contributed by atoms with Crippen LogP contribution < -0.4 is 5.73 Å². The number of hydrogen-bond donors (Lipinski definition) is 1. The van der Waals surface area contributed by atoms with Crippen LogP contribution in [-0.2, 0) is 0 Å². The lowest BCUT2D eigenvalue weighted by molar-refractivity contribution is 1.36. The summed E-state index contributed by atoms with van der Waals surface area (Å²) in [5.74, 6) is 0. The van der Waals surface area contributed by atoms with E-state index < -0.39 is 0 Å². The van der Waals surface area contributed by atoms with Crippen LogP contribution in [0, 0.1) is 0 Å². The molecule has 0 atom stereocenters. The topological polar surface area (TPSA) is 77.6 Å². The highest BCUT2D eigenvalue weighted by Gasteiger charge is 2.11. The van der Waals surface area contributed by atoms with Gasteiger partial charge in [-0.05, 0) is 42.5 Å².